The maximum atomic E-state index is 9.71. The van der Waals surface area contributed by atoms with E-state index in [2.05, 4.69) is 0 Å². The fourth-order valence-electron chi connectivity index (χ4n) is 2.88. The Morgan fingerprint density at radius 3 is 2.58 bits per heavy atom. The average molecular weight is 170 g/mol. The highest BCUT2D eigenvalue weighted by molar-refractivity contribution is 4.87. The summed E-state index contributed by atoms with van der Waals surface area (Å²) in [5.74, 6) is 1.11. The van der Waals surface area contributed by atoms with E-state index in [0.717, 1.165) is 25.7 Å². The SMILES string of the molecule is O[C@H]1CC[C@H]2CCC[C@@H](O)[C@H]2C1. The lowest BCUT2D eigenvalue weighted by atomic mass is 9.69. The smallest absolute Gasteiger partial charge is 0.0572 e. The third-order valence-corrected chi connectivity index (χ3v) is 3.59. The minimum Gasteiger partial charge on any atom is -0.393 e. The topological polar surface area (TPSA) is 40.5 Å². The molecule has 12 heavy (non-hydrogen) atoms. The molecule has 0 bridgehead atoms. The van der Waals surface area contributed by atoms with Crippen molar-refractivity contribution in [3.05, 3.63) is 0 Å². The number of aliphatic hydroxyl groups is 2. The number of fused-ring (bicyclic) bond motifs is 1. The Labute approximate surface area is 73.6 Å². The normalized spacial score (nSPS) is 48.5. The van der Waals surface area contributed by atoms with Gasteiger partial charge in [-0.05, 0) is 43.9 Å². The molecule has 2 fully saturated rings. The Balaban J connectivity index is 2.00. The summed E-state index contributed by atoms with van der Waals surface area (Å²) in [5, 5.41) is 19.2. The van der Waals surface area contributed by atoms with Gasteiger partial charge in [0, 0.05) is 0 Å². The molecule has 0 heterocycles. The quantitative estimate of drug-likeness (QED) is 0.575. The summed E-state index contributed by atoms with van der Waals surface area (Å²) < 4.78 is 0. The first-order valence-corrected chi connectivity index (χ1v) is 5.13. The van der Waals surface area contributed by atoms with E-state index in [0.29, 0.717) is 11.8 Å². The van der Waals surface area contributed by atoms with Crippen LogP contribution in [-0.2, 0) is 0 Å². The van der Waals surface area contributed by atoms with Crippen molar-refractivity contribution < 1.29 is 10.2 Å². The van der Waals surface area contributed by atoms with E-state index in [-0.39, 0.29) is 12.2 Å². The van der Waals surface area contributed by atoms with Crippen LogP contribution >= 0.6 is 0 Å². The average Bonchev–Trinajstić information content (AvgIpc) is 2.07. The van der Waals surface area contributed by atoms with Crippen LogP contribution in [0.2, 0.25) is 0 Å². The van der Waals surface area contributed by atoms with Crippen LogP contribution in [-0.4, -0.2) is 22.4 Å². The minimum atomic E-state index is -0.140. The second-order valence-electron chi connectivity index (χ2n) is 4.39. The zero-order chi connectivity index (χ0) is 8.55. The summed E-state index contributed by atoms with van der Waals surface area (Å²) in [6, 6.07) is 0. The summed E-state index contributed by atoms with van der Waals surface area (Å²) in [4.78, 5) is 0. The highest BCUT2D eigenvalue weighted by atomic mass is 16.3. The first kappa shape index (κ1) is 8.52. The van der Waals surface area contributed by atoms with Crippen molar-refractivity contribution in [3.63, 3.8) is 0 Å². The summed E-state index contributed by atoms with van der Waals surface area (Å²) in [6.07, 6.45) is 6.06. The highest BCUT2D eigenvalue weighted by Crippen LogP contribution is 2.40. The molecule has 0 aliphatic heterocycles. The van der Waals surface area contributed by atoms with Crippen LogP contribution in [0.25, 0.3) is 0 Å². The van der Waals surface area contributed by atoms with Crippen LogP contribution in [0.1, 0.15) is 38.5 Å². The monoisotopic (exact) mass is 170 g/mol. The van der Waals surface area contributed by atoms with Gasteiger partial charge in [0.1, 0.15) is 0 Å². The molecule has 0 amide bonds. The molecule has 2 N–H and O–H groups in total. The molecule has 2 nitrogen and oxygen atoms in total. The van der Waals surface area contributed by atoms with Gasteiger partial charge in [0.2, 0.25) is 0 Å². The van der Waals surface area contributed by atoms with Crippen LogP contribution in [0.4, 0.5) is 0 Å². The Kier molecular flexibility index (Phi) is 2.37. The maximum absolute atomic E-state index is 9.71. The lowest BCUT2D eigenvalue weighted by Gasteiger charge is -2.40. The first-order chi connectivity index (χ1) is 5.77. The van der Waals surface area contributed by atoms with Gasteiger partial charge in [-0.1, -0.05) is 6.42 Å². The maximum Gasteiger partial charge on any atom is 0.0572 e. The van der Waals surface area contributed by atoms with Crippen molar-refractivity contribution in [1.29, 1.82) is 0 Å². The molecule has 0 radical (unpaired) electrons. The van der Waals surface area contributed by atoms with Crippen molar-refractivity contribution in [1.82, 2.24) is 0 Å². The third kappa shape index (κ3) is 1.50. The molecule has 0 aromatic rings. The number of aliphatic hydroxyl groups excluding tert-OH is 2. The van der Waals surface area contributed by atoms with Crippen molar-refractivity contribution in [3.8, 4) is 0 Å². The Morgan fingerprint density at radius 2 is 1.75 bits per heavy atom. The molecular formula is C10H18O2. The van der Waals surface area contributed by atoms with Gasteiger partial charge in [-0.3, -0.25) is 0 Å². The zero-order valence-electron chi connectivity index (χ0n) is 7.45. The number of hydrogen-bond donors (Lipinski definition) is 2. The predicted molar refractivity (Wildman–Crippen MR) is 46.7 cm³/mol. The molecule has 0 aromatic carbocycles. The summed E-state index contributed by atoms with van der Waals surface area (Å²) in [7, 11) is 0. The highest BCUT2D eigenvalue weighted by Gasteiger charge is 2.36. The molecule has 0 unspecified atom stereocenters. The van der Waals surface area contributed by atoms with E-state index in [1.165, 1.54) is 12.8 Å². The van der Waals surface area contributed by atoms with Gasteiger partial charge in [0.05, 0.1) is 12.2 Å². The fraction of sp³-hybridized carbons (Fsp3) is 1.00. The van der Waals surface area contributed by atoms with Crippen LogP contribution in [0.5, 0.6) is 0 Å². The molecule has 4 atom stereocenters. The van der Waals surface area contributed by atoms with Gasteiger partial charge in [-0.15, -0.1) is 0 Å². The summed E-state index contributed by atoms with van der Waals surface area (Å²) in [5.41, 5.74) is 0. The molecule has 2 aliphatic carbocycles. The van der Waals surface area contributed by atoms with Gasteiger partial charge in [0.25, 0.3) is 0 Å². The largest absolute Gasteiger partial charge is 0.393 e. The van der Waals surface area contributed by atoms with Gasteiger partial charge in [0.15, 0.2) is 0 Å². The molecule has 2 heteroatoms. The van der Waals surface area contributed by atoms with E-state index in [1.807, 2.05) is 0 Å². The number of rotatable bonds is 0. The van der Waals surface area contributed by atoms with E-state index in [9.17, 15) is 10.2 Å². The van der Waals surface area contributed by atoms with Crippen LogP contribution in [0, 0.1) is 11.8 Å². The van der Waals surface area contributed by atoms with Crippen molar-refractivity contribution in [2.24, 2.45) is 11.8 Å². The third-order valence-electron chi connectivity index (χ3n) is 3.59. The molecule has 2 saturated carbocycles. The van der Waals surface area contributed by atoms with Crippen molar-refractivity contribution in [2.75, 3.05) is 0 Å². The van der Waals surface area contributed by atoms with Crippen LogP contribution in [0.3, 0.4) is 0 Å². The van der Waals surface area contributed by atoms with E-state index in [4.69, 9.17) is 0 Å². The lowest BCUT2D eigenvalue weighted by Crippen LogP contribution is -2.38. The Morgan fingerprint density at radius 1 is 0.917 bits per heavy atom. The predicted octanol–water partition coefficient (Wildman–Crippen LogP) is 1.31. The fourth-order valence-corrected chi connectivity index (χ4v) is 2.88. The second-order valence-corrected chi connectivity index (χ2v) is 4.39. The van der Waals surface area contributed by atoms with E-state index in [1.54, 1.807) is 0 Å². The molecule has 2 rings (SSSR count). The molecule has 0 saturated heterocycles. The Hall–Kier alpha value is -0.0800. The molecule has 70 valence electrons. The lowest BCUT2D eigenvalue weighted by molar-refractivity contribution is -0.0301. The van der Waals surface area contributed by atoms with E-state index >= 15 is 0 Å². The minimum absolute atomic E-state index is 0.126. The first-order valence-electron chi connectivity index (χ1n) is 5.13. The van der Waals surface area contributed by atoms with Gasteiger partial charge >= 0.3 is 0 Å². The van der Waals surface area contributed by atoms with Crippen molar-refractivity contribution >= 4 is 0 Å². The Bertz CT molecular complexity index is 158. The zero-order valence-corrected chi connectivity index (χ0v) is 7.45. The molecule has 0 aromatic heterocycles. The molecule has 2 aliphatic rings. The van der Waals surface area contributed by atoms with Crippen molar-refractivity contribution in [2.45, 2.75) is 50.7 Å². The molecule has 0 spiro atoms. The molecular weight excluding hydrogens is 152 g/mol. The van der Waals surface area contributed by atoms with Crippen LogP contribution < -0.4 is 0 Å². The second kappa shape index (κ2) is 3.35. The standard InChI is InChI=1S/C10H18O2/c11-8-5-4-7-2-1-3-10(12)9(7)6-8/h7-12H,1-6H2/t7-,8+,9+,10-/m1/s1. The van der Waals surface area contributed by atoms with Gasteiger partial charge in [-0.2, -0.15) is 0 Å². The number of hydrogen-bond acceptors (Lipinski definition) is 2. The van der Waals surface area contributed by atoms with Crippen LogP contribution in [0.15, 0.2) is 0 Å². The van der Waals surface area contributed by atoms with Gasteiger partial charge in [-0.25, -0.2) is 0 Å². The summed E-state index contributed by atoms with van der Waals surface area (Å²) in [6.45, 7) is 0. The van der Waals surface area contributed by atoms with Gasteiger partial charge < -0.3 is 10.2 Å². The summed E-state index contributed by atoms with van der Waals surface area (Å²) >= 11 is 0. The van der Waals surface area contributed by atoms with E-state index < -0.39 is 0 Å².